The zero-order valence-electron chi connectivity index (χ0n) is 80.5. The second-order valence-electron chi connectivity index (χ2n) is 37.4. The summed E-state index contributed by atoms with van der Waals surface area (Å²) in [6, 6.07) is 47.2. The van der Waals surface area contributed by atoms with Gasteiger partial charge < -0.3 is 70.5 Å². The van der Waals surface area contributed by atoms with Crippen molar-refractivity contribution in [2.75, 3.05) is 180 Å². The monoisotopic (exact) mass is 1920 g/mol. The Morgan fingerprint density at radius 3 is 0.790 bits per heavy atom. The Labute approximate surface area is 827 Å². The van der Waals surface area contributed by atoms with Crippen molar-refractivity contribution in [1.82, 2.24) is 85.6 Å². The van der Waals surface area contributed by atoms with Crippen molar-refractivity contribution in [1.29, 1.82) is 0 Å². The van der Waals surface area contributed by atoms with Crippen LogP contribution < -0.4 is 60.9 Å². The predicted molar refractivity (Wildman–Crippen MR) is 564 cm³/mol. The number of rotatable bonds is 20. The van der Waals surface area contributed by atoms with Crippen LogP contribution in [0.4, 0.5) is 73.6 Å². The number of H-pyrrole nitrogens is 4. The van der Waals surface area contributed by atoms with Gasteiger partial charge in [0.2, 0.25) is 0 Å². The SMILES string of the molecule is CN(C)C(=O)Nc1cncc(-c2ccc3[nH]nc(C(=O)Nc4ccc(N5CCCCC5)nc4)c3c2)c1.O=C(Nc1ccc(N2CCCCC2)nc1)c1n[nH]c2ccc(-c3cncc(N4CCCC4)c3)cc12.O=C(Nc1ccc(N2CCCCC2)nc1)c1n[nH]c2ccc(-c3cncc(N4CCCCC4)c3)cc12.O=C(Nc1ccc(N2CCCCC2)nc1)c1n[nH]c2ccc(-c3cncc(N4CCOCC4)c3)cc12. The van der Waals surface area contributed by atoms with Crippen LogP contribution in [0.3, 0.4) is 0 Å². The first-order valence-corrected chi connectivity index (χ1v) is 49.9. The van der Waals surface area contributed by atoms with Crippen molar-refractivity contribution < 1.29 is 28.7 Å². The number of morpholine rings is 1. The lowest BCUT2D eigenvalue weighted by molar-refractivity contribution is 0.101. The van der Waals surface area contributed by atoms with Crippen molar-refractivity contribution in [3.63, 3.8) is 0 Å². The molecule has 7 fully saturated rings. The van der Waals surface area contributed by atoms with E-state index in [-0.39, 0.29) is 35.4 Å². The summed E-state index contributed by atoms with van der Waals surface area (Å²) in [6.45, 7) is 15.7. The Balaban J connectivity index is 0.000000117. The highest BCUT2D eigenvalue weighted by Crippen LogP contribution is 2.37. The van der Waals surface area contributed by atoms with Gasteiger partial charge >= 0.3 is 6.03 Å². The van der Waals surface area contributed by atoms with Crippen molar-refractivity contribution in [2.45, 2.75) is 109 Å². The molecule has 0 aliphatic carbocycles. The number of hydrogen-bond acceptors (Lipinski definition) is 25. The number of carbonyl (C=O) groups excluding carboxylic acids is 5. The van der Waals surface area contributed by atoms with Gasteiger partial charge in [0.1, 0.15) is 23.3 Å². The maximum absolute atomic E-state index is 13.1. The zero-order chi connectivity index (χ0) is 97.3. The number of hydrogen-bond donors (Lipinski definition) is 9. The third-order valence-electron chi connectivity index (χ3n) is 27.3. The van der Waals surface area contributed by atoms with Gasteiger partial charge in [-0.2, -0.15) is 20.4 Å². The van der Waals surface area contributed by atoms with Gasteiger partial charge in [-0.25, -0.2) is 24.7 Å². The summed E-state index contributed by atoms with van der Waals surface area (Å²) in [4.78, 5) is 118. The number of ether oxygens (including phenoxy) is 1. The van der Waals surface area contributed by atoms with Crippen LogP contribution in [0.1, 0.15) is 151 Å². The van der Waals surface area contributed by atoms with Crippen LogP contribution in [0.5, 0.6) is 0 Å². The summed E-state index contributed by atoms with van der Waals surface area (Å²) >= 11 is 0. The molecule has 7 aliphatic rings. The number of piperidine rings is 5. The second-order valence-corrected chi connectivity index (χ2v) is 37.4. The third-order valence-corrected chi connectivity index (χ3v) is 27.3. The number of carbonyl (C=O) groups is 5. The highest BCUT2D eigenvalue weighted by atomic mass is 16.5. The molecule has 9 N–H and O–H groups in total. The van der Waals surface area contributed by atoms with Gasteiger partial charge in [0.15, 0.2) is 22.8 Å². The molecule has 23 rings (SSSR count). The van der Waals surface area contributed by atoms with Gasteiger partial charge in [-0.05, 0) is 253 Å². The number of benzene rings is 4. The van der Waals surface area contributed by atoms with Crippen molar-refractivity contribution in [3.05, 3.63) is 243 Å². The Kier molecular flexibility index (Phi) is 29.3. The Hall–Kier alpha value is -16.3. The zero-order valence-corrected chi connectivity index (χ0v) is 80.5. The molecule has 0 bridgehead atoms. The third kappa shape index (κ3) is 22.7. The molecule has 0 saturated carbocycles. The molecule has 35 nitrogen and oxygen atoms in total. The number of urea groups is 1. The van der Waals surface area contributed by atoms with E-state index < -0.39 is 0 Å². The highest BCUT2D eigenvalue weighted by molar-refractivity contribution is 6.15. The number of aromatic amines is 4. The van der Waals surface area contributed by atoms with E-state index in [9.17, 15) is 24.0 Å². The molecule has 4 aromatic carbocycles. The lowest BCUT2D eigenvalue weighted by Gasteiger charge is -2.28. The van der Waals surface area contributed by atoms with Gasteiger partial charge in [0, 0.05) is 174 Å². The fourth-order valence-electron chi connectivity index (χ4n) is 19.4. The van der Waals surface area contributed by atoms with E-state index in [0.29, 0.717) is 50.9 Å². The molecule has 0 unspecified atom stereocenters. The topological polar surface area (TPSA) is 398 Å². The summed E-state index contributed by atoms with van der Waals surface area (Å²) in [6.07, 6.45) is 42.3. The van der Waals surface area contributed by atoms with Crippen molar-refractivity contribution >= 4 is 142 Å². The first-order chi connectivity index (χ1) is 70.2. The van der Waals surface area contributed by atoms with Crippen LogP contribution in [0.25, 0.3) is 88.1 Å². The Morgan fingerprint density at radius 2 is 0.517 bits per heavy atom. The van der Waals surface area contributed by atoms with E-state index in [2.05, 4.69) is 160 Å². The highest BCUT2D eigenvalue weighted by Gasteiger charge is 2.27. The number of nitrogens with one attached hydrogen (secondary N) is 9. The van der Waals surface area contributed by atoms with E-state index >= 15 is 0 Å². The standard InChI is InChI=1S/C28H31N7O.C27H29N7O2.C27H29N7O.C26H28N8O2/c36-28(31-22-8-10-26(30-18-22)35-13-5-2-6-14-35)27-24-16-20(7-9-25(24)32-33-27)21-15-23(19-29-17-21)34-11-3-1-4-12-34;35-27(30-21-5-7-25(29-17-21)34-8-2-1-3-9-34)26-23-15-19(4-6-24(23)31-32-26)20-14-22(18-28-16-20)33-10-12-36-13-11-33;35-27(30-21-7-9-25(29-17-21)34-12-2-1-3-13-34)26-23-15-19(6-8-24(23)31-32-26)20-14-22(18-28-16-20)33-10-4-5-11-33;1-33(2)26(36)30-20-12-18(14-27-15-20)17-6-8-22-21(13-17)24(32-31-22)25(35)29-19-7-9-23(28-16-19)34-10-4-3-5-11-34/h7-10,15-19H,1-6,11-14H2,(H,31,36)(H,32,33);4-7,14-18H,1-3,8-13H2,(H,30,35)(H,31,32);6-9,14-18H,1-5,10-13H2,(H,30,35)(H,31,32);6-9,12-16H,3-5,10-11H2,1-2H3,(H,29,35)(H,30,36)(H,31,32). The van der Waals surface area contributed by atoms with Crippen LogP contribution >= 0.6 is 0 Å². The number of nitrogens with zero attached hydrogens (tertiary/aromatic N) is 20. The van der Waals surface area contributed by atoms with Gasteiger partial charge in [-0.1, -0.05) is 24.3 Å². The van der Waals surface area contributed by atoms with Crippen LogP contribution in [0.2, 0.25) is 0 Å². The first-order valence-electron chi connectivity index (χ1n) is 49.9. The molecule has 0 radical (unpaired) electrons. The Morgan fingerprint density at radius 1 is 0.259 bits per heavy atom. The van der Waals surface area contributed by atoms with E-state index in [1.165, 1.54) is 114 Å². The molecule has 19 heterocycles. The molecule has 16 aromatic rings. The summed E-state index contributed by atoms with van der Waals surface area (Å²) in [5.41, 5.74) is 18.8. The molecule has 35 heteroatoms. The molecule has 730 valence electrons. The molecular formula is C108H117N29O6. The average molecular weight is 1920 g/mol. The quantitative estimate of drug-likeness (QED) is 0.0342. The molecule has 6 amide bonds. The number of amides is 6. The minimum absolute atomic E-state index is 0.239. The fraction of sp³-hybridized carbons (Fsp3) is 0.324. The number of aromatic nitrogens is 16. The summed E-state index contributed by atoms with van der Waals surface area (Å²) in [7, 11) is 3.34. The predicted octanol–water partition coefficient (Wildman–Crippen LogP) is 18.6. The molecule has 7 saturated heterocycles. The lowest BCUT2D eigenvalue weighted by atomic mass is 10.0. The Bertz CT molecular complexity index is 6920. The summed E-state index contributed by atoms with van der Waals surface area (Å²) < 4.78 is 5.47. The smallest absolute Gasteiger partial charge is 0.321 e. The maximum atomic E-state index is 13.1. The van der Waals surface area contributed by atoms with Gasteiger partial charge in [-0.3, -0.25) is 59.5 Å². The second kappa shape index (κ2) is 44.4. The maximum Gasteiger partial charge on any atom is 0.321 e. The summed E-state index contributed by atoms with van der Waals surface area (Å²) in [5, 5.41) is 46.6. The fourth-order valence-corrected chi connectivity index (χ4v) is 19.4. The first kappa shape index (κ1) is 94.3. The lowest BCUT2D eigenvalue weighted by Crippen LogP contribution is -2.36. The minimum Gasteiger partial charge on any atom is -0.378 e. The van der Waals surface area contributed by atoms with Crippen LogP contribution in [0.15, 0.2) is 220 Å². The molecule has 0 atom stereocenters. The number of anilines is 12. The van der Waals surface area contributed by atoms with Crippen LogP contribution in [-0.2, 0) is 4.74 Å². The molecule has 0 spiro atoms. The number of pyridine rings is 8. The van der Waals surface area contributed by atoms with E-state index in [1.807, 2.05) is 165 Å². The van der Waals surface area contributed by atoms with Crippen LogP contribution in [-0.4, -0.2) is 234 Å². The minimum atomic E-state index is -0.323. The van der Waals surface area contributed by atoms with E-state index in [4.69, 9.17) is 4.74 Å². The van der Waals surface area contributed by atoms with Gasteiger partial charge in [0.05, 0.1) is 130 Å². The normalized spacial score (nSPS) is 15.6. The summed E-state index contributed by atoms with van der Waals surface area (Å²) in [5.74, 6) is 2.69. The van der Waals surface area contributed by atoms with E-state index in [0.717, 1.165) is 228 Å². The van der Waals surface area contributed by atoms with Gasteiger partial charge in [0.25, 0.3) is 23.6 Å². The van der Waals surface area contributed by atoms with Gasteiger partial charge in [-0.15, -0.1) is 0 Å². The number of fused-ring (bicyclic) bond motifs is 4. The van der Waals surface area contributed by atoms with Crippen LogP contribution in [0, 0.1) is 0 Å². The van der Waals surface area contributed by atoms with E-state index in [1.54, 1.807) is 51.3 Å². The van der Waals surface area contributed by atoms with Crippen molar-refractivity contribution in [2.24, 2.45) is 0 Å². The molecular weight excluding hydrogens is 1800 g/mol. The molecule has 12 aromatic heterocycles. The largest absolute Gasteiger partial charge is 0.378 e. The molecule has 143 heavy (non-hydrogen) atoms. The molecule has 7 aliphatic heterocycles. The average Bonchev–Trinajstić information content (AvgIpc) is 1.67. The van der Waals surface area contributed by atoms with Crippen molar-refractivity contribution in [3.8, 4) is 44.5 Å².